The number of carbonyl (C=O) groups is 11. The number of benzene rings is 3. The predicted molar refractivity (Wildman–Crippen MR) is 314 cm³/mol. The first kappa shape index (κ1) is 70.3. The third kappa shape index (κ3) is 17.3. The molecule has 27 heteroatoms. The van der Waals surface area contributed by atoms with Crippen LogP contribution in [0.4, 0.5) is 15.3 Å². The number of ketones is 1. The molecule has 1 heterocycles. The van der Waals surface area contributed by atoms with E-state index in [-0.39, 0.29) is 47.4 Å². The topological polar surface area (TPSA) is 391 Å². The summed E-state index contributed by atoms with van der Waals surface area (Å²) in [4.78, 5) is 148. The molecule has 0 spiro atoms. The van der Waals surface area contributed by atoms with E-state index in [1.165, 1.54) is 90.4 Å². The van der Waals surface area contributed by atoms with E-state index in [1.54, 1.807) is 64.1 Å². The molecule has 4 amide bonds. The highest BCUT2D eigenvalue weighted by Crippen LogP contribution is 2.59. The molecule has 1 saturated heterocycles. The lowest BCUT2D eigenvalue weighted by Crippen LogP contribution is -2.77. The molecule has 27 nitrogen and oxygen atoms in total. The number of ether oxygens (including phenoxy) is 8. The minimum Gasteiger partial charge on any atom is -0.481 e. The minimum absolute atomic E-state index is 0.00615. The summed E-state index contributed by atoms with van der Waals surface area (Å²) < 4.78 is 49.0. The molecular formula is C63H78N4O23. The summed E-state index contributed by atoms with van der Waals surface area (Å²) in [5, 5.41) is 49.8. The fourth-order valence-corrected chi connectivity index (χ4v) is 11.8. The standard InChI is InChI=1S/C63H78N4O23/c1-33-41(30-42(87-56(78)37-19-15-12-16-20-37)52-62(8,53(73)50(84-10)48(33)61(6,7)82)43(83-9)31-44-63(52,32-85-44)89-34(2)68)86-57(79)51(49(36-17-13-11-14-18-36)67-59(81)90-60(3,4)5)88-47(72)28-26-45(69)64-38-23-21-35(22-24-38)29-40(55(76)77)66-58(80)65-39(54(74)75)25-27-46(70)71/h11-24,39-44,49-52,82H,25-32H2,1-10H3,(H,64,69)(H,67,81)(H,70,71)(H,74,75)(H,76,77)(H2,65,66,80)/b48-33-/t39-,40-,41-,42+,43-,44+,49-,50+,51+,52-,62+,63-/m0/s1. The Balaban J connectivity index is 1.35. The Kier molecular flexibility index (Phi) is 23.2. The van der Waals surface area contributed by atoms with Gasteiger partial charge in [-0.05, 0) is 101 Å². The van der Waals surface area contributed by atoms with Crippen LogP contribution in [0.3, 0.4) is 0 Å². The Hall–Kier alpha value is -8.79. The van der Waals surface area contributed by atoms with Crippen molar-refractivity contribution in [2.45, 2.75) is 172 Å². The van der Waals surface area contributed by atoms with Gasteiger partial charge in [0, 0.05) is 58.9 Å². The van der Waals surface area contributed by atoms with Crippen molar-refractivity contribution in [1.29, 1.82) is 0 Å². The van der Waals surface area contributed by atoms with E-state index < -0.39 is 181 Å². The average Bonchev–Trinajstić information content (AvgIpc) is 0.951. The number of methoxy groups -OCH3 is 2. The molecule has 3 aromatic carbocycles. The molecule has 8 N–H and O–H groups in total. The maximum atomic E-state index is 15.8. The Bertz CT molecular complexity index is 3180. The minimum atomic E-state index is -2.14. The molecule has 90 heavy (non-hydrogen) atoms. The second-order valence-corrected chi connectivity index (χ2v) is 23.9. The van der Waals surface area contributed by atoms with Gasteiger partial charge >= 0.3 is 53.9 Å². The lowest BCUT2D eigenvalue weighted by Gasteiger charge is -2.63. The van der Waals surface area contributed by atoms with E-state index in [4.69, 9.17) is 43.0 Å². The Morgan fingerprint density at radius 3 is 1.90 bits per heavy atom. The second kappa shape index (κ2) is 29.7. The number of anilines is 1. The van der Waals surface area contributed by atoms with Gasteiger partial charge in [0.15, 0.2) is 11.4 Å². The highest BCUT2D eigenvalue weighted by atomic mass is 16.6. The van der Waals surface area contributed by atoms with Gasteiger partial charge in [-0.25, -0.2) is 28.8 Å². The number of esters is 4. The zero-order chi connectivity index (χ0) is 66.6. The van der Waals surface area contributed by atoms with E-state index in [9.17, 15) is 58.5 Å². The fraction of sp³-hybridized carbons (Fsp3) is 0.508. The molecule has 6 rings (SSSR count). The highest BCUT2D eigenvalue weighted by Gasteiger charge is 2.73. The monoisotopic (exact) mass is 1260 g/mol. The number of rotatable bonds is 25. The first-order chi connectivity index (χ1) is 42.2. The Morgan fingerprint density at radius 2 is 1.37 bits per heavy atom. The number of hydrogen-bond donors (Lipinski definition) is 8. The SMILES string of the molecule is CO[C@H]1C[C@H]2OC[C@@]2(OC(C)=O)[C@H]2[C@H](OC(=O)c3ccccc3)C[C@H](OC(=O)[C@H](OC(=O)CCC(=O)Nc3ccc(C[C@H](NC(=O)N[C@@H](CCC(=O)O)C(=O)O)C(=O)O)cc3)[C@@H](NC(=O)OC(C)(C)C)c3ccccc3)/C(C)=C(\C(C)(C)O)[C@@H](OC)C(=O)[C@]12C. The van der Waals surface area contributed by atoms with E-state index in [0.29, 0.717) is 5.56 Å². The molecule has 3 aliphatic rings. The van der Waals surface area contributed by atoms with Crippen LogP contribution < -0.4 is 21.3 Å². The average molecular weight is 1260 g/mol. The zero-order valence-electron chi connectivity index (χ0n) is 51.6. The maximum absolute atomic E-state index is 15.8. The smallest absolute Gasteiger partial charge is 0.408 e. The molecule has 2 aliphatic carbocycles. The van der Waals surface area contributed by atoms with Crippen LogP contribution in [-0.4, -0.2) is 172 Å². The van der Waals surface area contributed by atoms with E-state index >= 15 is 9.59 Å². The first-order valence-corrected chi connectivity index (χ1v) is 28.9. The number of aliphatic carboxylic acids is 3. The normalized spacial score (nSPS) is 24.5. The molecule has 0 bridgehead atoms. The van der Waals surface area contributed by atoms with Crippen LogP contribution in [-0.2, 0) is 82.7 Å². The van der Waals surface area contributed by atoms with E-state index in [0.717, 1.165) is 0 Å². The van der Waals surface area contributed by atoms with Crippen molar-refractivity contribution in [2.24, 2.45) is 11.3 Å². The molecule has 1 aliphatic heterocycles. The van der Waals surface area contributed by atoms with E-state index in [1.807, 2.05) is 5.32 Å². The van der Waals surface area contributed by atoms with Gasteiger partial charge in [0.05, 0.1) is 41.6 Å². The highest BCUT2D eigenvalue weighted by molar-refractivity contribution is 5.95. The number of carboxylic acid groups (broad SMARTS) is 3. The zero-order valence-corrected chi connectivity index (χ0v) is 51.6. The van der Waals surface area contributed by atoms with Crippen LogP contribution in [0.25, 0.3) is 0 Å². The summed E-state index contributed by atoms with van der Waals surface area (Å²) in [6.45, 7) is 11.4. The molecule has 488 valence electrons. The van der Waals surface area contributed by atoms with Gasteiger partial charge in [-0.15, -0.1) is 0 Å². The van der Waals surface area contributed by atoms with Crippen LogP contribution in [0, 0.1) is 11.3 Å². The largest absolute Gasteiger partial charge is 0.481 e. The number of hydrogen-bond acceptors (Lipinski definition) is 20. The Labute approximate surface area is 518 Å². The number of nitrogens with one attached hydrogen (secondary N) is 4. The van der Waals surface area contributed by atoms with Crippen LogP contribution in [0.1, 0.15) is 121 Å². The quantitative estimate of drug-likeness (QED) is 0.0309. The number of carbonyl (C=O) groups excluding carboxylic acids is 8. The second-order valence-electron chi connectivity index (χ2n) is 23.9. The van der Waals surface area contributed by atoms with Crippen molar-refractivity contribution in [2.75, 3.05) is 26.1 Å². The molecule has 3 aromatic rings. The Morgan fingerprint density at radius 1 is 0.756 bits per heavy atom. The molecule has 2 fully saturated rings. The predicted octanol–water partition coefficient (Wildman–Crippen LogP) is 5.15. The van der Waals surface area contributed by atoms with Crippen molar-refractivity contribution < 1.29 is 111 Å². The molecule has 0 aromatic heterocycles. The van der Waals surface area contributed by atoms with Gasteiger partial charge in [0.1, 0.15) is 48.1 Å². The number of alkyl carbamates (subject to hydrolysis) is 1. The van der Waals surface area contributed by atoms with Crippen LogP contribution >= 0.6 is 0 Å². The lowest BCUT2D eigenvalue weighted by atomic mass is 9.51. The van der Waals surface area contributed by atoms with Crippen LogP contribution in [0.5, 0.6) is 0 Å². The summed E-state index contributed by atoms with van der Waals surface area (Å²) in [5.41, 5.74) is -5.85. The number of Topliss-reactive ketones (excluding diaryl/α,β-unsaturated/α-hetero) is 1. The van der Waals surface area contributed by atoms with Gasteiger partial charge in [-0.1, -0.05) is 60.7 Å². The fourth-order valence-electron chi connectivity index (χ4n) is 11.8. The maximum Gasteiger partial charge on any atom is 0.408 e. The van der Waals surface area contributed by atoms with Gasteiger partial charge in [-0.3, -0.25) is 24.0 Å². The summed E-state index contributed by atoms with van der Waals surface area (Å²) in [5.74, 6) is -11.3. The first-order valence-electron chi connectivity index (χ1n) is 28.9. The third-order valence-corrected chi connectivity index (χ3v) is 15.8. The summed E-state index contributed by atoms with van der Waals surface area (Å²) in [6.07, 6.45) is -13.2. The van der Waals surface area contributed by atoms with Crippen molar-refractivity contribution >= 4 is 71.3 Å². The number of fused-ring (bicyclic) bond motifs is 3. The van der Waals surface area contributed by atoms with Crippen molar-refractivity contribution in [3.63, 3.8) is 0 Å². The lowest BCUT2D eigenvalue weighted by molar-refractivity contribution is -0.332. The van der Waals surface area contributed by atoms with Crippen molar-refractivity contribution in [3.8, 4) is 0 Å². The van der Waals surface area contributed by atoms with Crippen molar-refractivity contribution in [1.82, 2.24) is 16.0 Å². The van der Waals surface area contributed by atoms with Crippen LogP contribution in [0.2, 0.25) is 0 Å². The van der Waals surface area contributed by atoms with Crippen molar-refractivity contribution in [3.05, 3.63) is 113 Å². The number of urea groups is 1. The van der Waals surface area contributed by atoms with Gasteiger partial charge < -0.3 is 79.6 Å². The number of amides is 4. The third-order valence-electron chi connectivity index (χ3n) is 15.8. The summed E-state index contributed by atoms with van der Waals surface area (Å²) >= 11 is 0. The summed E-state index contributed by atoms with van der Waals surface area (Å²) in [6, 6.07) is 15.3. The number of aliphatic hydroxyl groups is 1. The van der Waals surface area contributed by atoms with Gasteiger partial charge in [-0.2, -0.15) is 0 Å². The molecule has 1 saturated carbocycles. The number of carboxylic acids is 3. The molecule has 12 atom stereocenters. The van der Waals surface area contributed by atoms with Gasteiger partial charge in [0.2, 0.25) is 12.0 Å². The molecule has 0 unspecified atom stereocenters. The van der Waals surface area contributed by atoms with Crippen LogP contribution in [0.15, 0.2) is 96.1 Å². The molecule has 0 radical (unpaired) electrons. The molecular weight excluding hydrogens is 1180 g/mol. The van der Waals surface area contributed by atoms with E-state index in [2.05, 4.69) is 16.0 Å². The van der Waals surface area contributed by atoms with Gasteiger partial charge in [0.25, 0.3) is 0 Å². The summed E-state index contributed by atoms with van der Waals surface area (Å²) in [7, 11) is 2.60.